The molecule has 0 aliphatic carbocycles. The fourth-order valence-electron chi connectivity index (χ4n) is 2.38. The Bertz CT molecular complexity index is 495. The summed E-state index contributed by atoms with van der Waals surface area (Å²) in [5, 5.41) is 5.79. The number of methoxy groups -OCH3 is 1. The smallest absolute Gasteiger partial charge is 0.123 e. The van der Waals surface area contributed by atoms with Crippen LogP contribution in [0.25, 0.3) is 0 Å². The van der Waals surface area contributed by atoms with Gasteiger partial charge in [0.25, 0.3) is 0 Å². The zero-order valence-electron chi connectivity index (χ0n) is 12.3. The number of nitrogens with one attached hydrogen (secondary N) is 1. The number of para-hydroxylation sites is 1. The van der Waals surface area contributed by atoms with Crippen LogP contribution in [-0.2, 0) is 6.42 Å². The monoisotopic (exact) mass is 289 g/mol. The van der Waals surface area contributed by atoms with Gasteiger partial charge < -0.3 is 10.1 Å². The summed E-state index contributed by atoms with van der Waals surface area (Å²) in [6.45, 7) is 3.23. The van der Waals surface area contributed by atoms with Crippen LogP contribution < -0.4 is 10.1 Å². The van der Waals surface area contributed by atoms with E-state index in [2.05, 4.69) is 41.9 Å². The van der Waals surface area contributed by atoms with Gasteiger partial charge in [0.2, 0.25) is 0 Å². The lowest BCUT2D eigenvalue weighted by atomic mass is 10.00. The van der Waals surface area contributed by atoms with Gasteiger partial charge in [0.05, 0.1) is 7.11 Å². The molecule has 1 N–H and O–H groups in total. The van der Waals surface area contributed by atoms with E-state index in [0.717, 1.165) is 31.6 Å². The van der Waals surface area contributed by atoms with Crippen molar-refractivity contribution in [3.05, 3.63) is 52.2 Å². The Hall–Kier alpha value is -1.32. The highest BCUT2D eigenvalue weighted by atomic mass is 32.1. The molecule has 3 heteroatoms. The summed E-state index contributed by atoms with van der Waals surface area (Å²) in [7, 11) is 1.75. The van der Waals surface area contributed by atoms with Crippen molar-refractivity contribution in [3.63, 3.8) is 0 Å². The summed E-state index contributed by atoms with van der Waals surface area (Å²) in [5.41, 5.74) is 1.26. The average Bonchev–Trinajstić information content (AvgIpc) is 3.01. The van der Waals surface area contributed by atoms with Gasteiger partial charge in [0, 0.05) is 16.5 Å². The first-order chi connectivity index (χ1) is 9.85. The predicted molar refractivity (Wildman–Crippen MR) is 86.7 cm³/mol. The largest absolute Gasteiger partial charge is 0.496 e. The summed E-state index contributed by atoms with van der Waals surface area (Å²) in [5.74, 6) is 0.979. The van der Waals surface area contributed by atoms with Crippen LogP contribution in [0.1, 0.15) is 36.2 Å². The molecule has 0 aliphatic heterocycles. The lowest BCUT2D eigenvalue weighted by Gasteiger charge is -2.21. The van der Waals surface area contributed by atoms with Gasteiger partial charge in [-0.25, -0.2) is 0 Å². The van der Waals surface area contributed by atoms with E-state index >= 15 is 0 Å². The van der Waals surface area contributed by atoms with Gasteiger partial charge in [-0.1, -0.05) is 31.2 Å². The van der Waals surface area contributed by atoms with E-state index in [1.165, 1.54) is 10.4 Å². The molecule has 2 aromatic rings. The Morgan fingerprint density at radius 2 is 2.05 bits per heavy atom. The molecule has 1 aromatic heterocycles. The zero-order valence-corrected chi connectivity index (χ0v) is 13.1. The minimum Gasteiger partial charge on any atom is -0.496 e. The second-order valence-corrected chi connectivity index (χ2v) is 5.90. The summed E-state index contributed by atoms with van der Waals surface area (Å²) < 4.78 is 5.51. The average molecular weight is 289 g/mol. The molecule has 0 saturated carbocycles. The zero-order chi connectivity index (χ0) is 14.2. The highest BCUT2D eigenvalue weighted by Crippen LogP contribution is 2.28. The van der Waals surface area contributed by atoms with Gasteiger partial charge in [-0.05, 0) is 43.3 Å². The maximum absolute atomic E-state index is 5.51. The Morgan fingerprint density at radius 1 is 1.20 bits per heavy atom. The van der Waals surface area contributed by atoms with Crippen LogP contribution in [-0.4, -0.2) is 13.7 Å². The molecule has 1 aromatic carbocycles. The normalized spacial score (nSPS) is 12.3. The van der Waals surface area contributed by atoms with Crippen LogP contribution >= 0.6 is 11.3 Å². The minimum absolute atomic E-state index is 0.355. The minimum atomic E-state index is 0.355. The highest BCUT2D eigenvalue weighted by molar-refractivity contribution is 7.09. The van der Waals surface area contributed by atoms with Gasteiger partial charge in [-0.15, -0.1) is 11.3 Å². The number of aryl methyl sites for hydroxylation is 1. The molecular formula is C17H23NOS. The van der Waals surface area contributed by atoms with Gasteiger partial charge in [0.15, 0.2) is 0 Å². The molecule has 0 saturated heterocycles. The fourth-order valence-corrected chi connectivity index (χ4v) is 3.11. The first kappa shape index (κ1) is 15.1. The maximum atomic E-state index is 5.51. The summed E-state index contributed by atoms with van der Waals surface area (Å²) in [6, 6.07) is 13.0. The molecule has 0 spiro atoms. The number of rotatable bonds is 8. The van der Waals surface area contributed by atoms with Crippen molar-refractivity contribution in [2.45, 2.75) is 32.2 Å². The third kappa shape index (κ3) is 4.09. The second-order valence-electron chi connectivity index (χ2n) is 4.87. The number of benzene rings is 1. The number of thiophene rings is 1. The molecule has 108 valence electrons. The van der Waals surface area contributed by atoms with Crippen LogP contribution in [0.5, 0.6) is 5.75 Å². The quantitative estimate of drug-likeness (QED) is 0.776. The third-order valence-corrected chi connectivity index (χ3v) is 4.35. The molecule has 2 nitrogen and oxygen atoms in total. The molecule has 0 fully saturated rings. The molecule has 1 heterocycles. The van der Waals surface area contributed by atoms with Gasteiger partial charge >= 0.3 is 0 Å². The van der Waals surface area contributed by atoms with Crippen molar-refractivity contribution in [1.82, 2.24) is 5.32 Å². The van der Waals surface area contributed by atoms with E-state index in [-0.39, 0.29) is 0 Å². The lowest BCUT2D eigenvalue weighted by molar-refractivity contribution is 0.395. The first-order valence-corrected chi connectivity index (χ1v) is 8.11. The summed E-state index contributed by atoms with van der Waals surface area (Å²) in [6.07, 6.45) is 3.35. The van der Waals surface area contributed by atoms with E-state index in [1.54, 1.807) is 7.11 Å². The topological polar surface area (TPSA) is 21.3 Å². The van der Waals surface area contributed by atoms with Crippen molar-refractivity contribution < 1.29 is 4.74 Å². The van der Waals surface area contributed by atoms with E-state index < -0.39 is 0 Å². The van der Waals surface area contributed by atoms with Crippen molar-refractivity contribution in [1.29, 1.82) is 0 Å². The van der Waals surface area contributed by atoms with Crippen LogP contribution in [0.15, 0.2) is 41.8 Å². The fraction of sp³-hybridized carbons (Fsp3) is 0.412. The second kappa shape index (κ2) is 8.08. The summed E-state index contributed by atoms with van der Waals surface area (Å²) in [4.78, 5) is 1.45. The lowest BCUT2D eigenvalue weighted by Crippen LogP contribution is -2.23. The molecule has 0 aliphatic rings. The Morgan fingerprint density at radius 3 is 2.75 bits per heavy atom. The third-order valence-electron chi connectivity index (χ3n) is 3.41. The van der Waals surface area contributed by atoms with Gasteiger partial charge in [-0.3, -0.25) is 0 Å². The van der Waals surface area contributed by atoms with Crippen molar-refractivity contribution in [2.75, 3.05) is 13.7 Å². The molecule has 20 heavy (non-hydrogen) atoms. The summed E-state index contributed by atoms with van der Waals surface area (Å²) >= 11 is 1.83. The predicted octanol–water partition coefficient (Wildman–Crippen LogP) is 4.43. The molecule has 1 unspecified atom stereocenters. The molecule has 0 amide bonds. The first-order valence-electron chi connectivity index (χ1n) is 7.23. The number of ether oxygens (including phenoxy) is 1. The molecule has 0 bridgehead atoms. The van der Waals surface area contributed by atoms with E-state index in [4.69, 9.17) is 4.74 Å². The Balaban J connectivity index is 2.09. The number of hydrogen-bond donors (Lipinski definition) is 1. The maximum Gasteiger partial charge on any atom is 0.123 e. The Labute approximate surface area is 125 Å². The standard InChI is InChI=1S/C17H23NOS/c1-3-12-18-16(11-10-14-7-6-13-20-14)15-8-4-5-9-17(15)19-2/h4-9,13,16,18H,3,10-12H2,1-2H3. The van der Waals surface area contributed by atoms with Gasteiger partial charge in [0.1, 0.15) is 5.75 Å². The number of hydrogen-bond acceptors (Lipinski definition) is 3. The molecule has 2 rings (SSSR count). The van der Waals surface area contributed by atoms with E-state index in [9.17, 15) is 0 Å². The van der Waals surface area contributed by atoms with Crippen LogP contribution in [0.2, 0.25) is 0 Å². The molecular weight excluding hydrogens is 266 g/mol. The van der Waals surface area contributed by atoms with Crippen molar-refractivity contribution in [2.24, 2.45) is 0 Å². The molecule has 1 atom stereocenters. The van der Waals surface area contributed by atoms with Crippen LogP contribution in [0.3, 0.4) is 0 Å². The van der Waals surface area contributed by atoms with Gasteiger partial charge in [-0.2, -0.15) is 0 Å². The van der Waals surface area contributed by atoms with E-state index in [0.29, 0.717) is 6.04 Å². The Kier molecular flexibility index (Phi) is 6.09. The SMILES string of the molecule is CCCNC(CCc1cccs1)c1ccccc1OC. The highest BCUT2D eigenvalue weighted by Gasteiger charge is 2.15. The van der Waals surface area contributed by atoms with Crippen LogP contribution in [0, 0.1) is 0 Å². The van der Waals surface area contributed by atoms with Crippen LogP contribution in [0.4, 0.5) is 0 Å². The molecule has 0 radical (unpaired) electrons. The van der Waals surface area contributed by atoms with E-state index in [1.807, 2.05) is 23.5 Å². The van der Waals surface area contributed by atoms with Crippen molar-refractivity contribution in [3.8, 4) is 5.75 Å². The van der Waals surface area contributed by atoms with Crippen molar-refractivity contribution >= 4 is 11.3 Å².